The predicted molar refractivity (Wildman–Crippen MR) is 115 cm³/mol. The molecule has 0 N–H and O–H groups in total. The average Bonchev–Trinajstić information content (AvgIpc) is 2.46. The molecule has 0 saturated carbocycles. The largest absolute Gasteiger partial charge is 0.414 e. The van der Waals surface area contributed by atoms with E-state index < -0.39 is 12.7 Å². The first-order valence-corrected chi connectivity index (χ1v) is 13.8. The minimum atomic E-state index is -1.79. The van der Waals surface area contributed by atoms with Crippen molar-refractivity contribution in [3.63, 3.8) is 0 Å². The summed E-state index contributed by atoms with van der Waals surface area (Å²) in [6, 6.07) is 0. The van der Waals surface area contributed by atoms with Gasteiger partial charge in [0.1, 0.15) is 4.33 Å². The molecule has 0 spiro atoms. The van der Waals surface area contributed by atoms with Gasteiger partial charge in [0, 0.05) is 11.3 Å². The number of hydrogen-bond donors (Lipinski definition) is 0. The molecule has 1 atom stereocenters. The van der Waals surface area contributed by atoms with Crippen LogP contribution in [0, 0.1) is 0 Å². The van der Waals surface area contributed by atoms with Crippen LogP contribution in [0.2, 0.25) is 18.1 Å². The van der Waals surface area contributed by atoms with Gasteiger partial charge >= 0.3 is 0 Å². The molecule has 0 heterocycles. The van der Waals surface area contributed by atoms with E-state index in [1.165, 1.54) is 25.7 Å². The van der Waals surface area contributed by atoms with E-state index in [9.17, 15) is 0 Å². The lowest BCUT2D eigenvalue weighted by atomic mass is 10.1. The van der Waals surface area contributed by atoms with Gasteiger partial charge in [0.15, 0.2) is 8.32 Å². The highest BCUT2D eigenvalue weighted by atomic mass is 35.5. The summed E-state index contributed by atoms with van der Waals surface area (Å²) in [6.45, 7) is 11.6. The molecule has 146 valence electrons. The third-order valence-electron chi connectivity index (χ3n) is 4.93. The molecule has 6 heteroatoms. The molecule has 0 aromatic rings. The van der Waals surface area contributed by atoms with Gasteiger partial charge in [-0.1, -0.05) is 82.5 Å². The lowest BCUT2D eigenvalue weighted by molar-refractivity contribution is 0.267. The summed E-state index contributed by atoms with van der Waals surface area (Å²) in [5, 5.41) is 0.309. The fraction of sp³-hybridized carbons (Fsp3) is 1.00. The minimum Gasteiger partial charge on any atom is -0.414 e. The van der Waals surface area contributed by atoms with Gasteiger partial charge in [-0.3, -0.25) is 0 Å². The summed E-state index contributed by atoms with van der Waals surface area (Å²) in [5.74, 6) is 0.548. The number of hydrogen-bond acceptors (Lipinski definition) is 1. The molecule has 0 aliphatic heterocycles. The number of rotatable bonds is 13. The van der Waals surface area contributed by atoms with Gasteiger partial charge in [-0.2, -0.15) is 0 Å². The quantitative estimate of drug-likeness (QED) is 0.160. The molecule has 1 unspecified atom stereocenters. The highest BCUT2D eigenvalue weighted by molar-refractivity contribution is 6.74. The summed E-state index contributed by atoms with van der Waals surface area (Å²) in [6.07, 6.45) is 8.88. The standard InChI is InChI=1S/C18H36Cl4OSi/c1-17(2,3)24(4,5)23-15-18(21,22)13-11-9-7-6-8-10-12-16(20)14-19/h16H,6-15H2,1-5H3. The molecule has 0 aromatic carbocycles. The van der Waals surface area contributed by atoms with Crippen molar-refractivity contribution in [1.82, 2.24) is 0 Å². The van der Waals surface area contributed by atoms with Crippen molar-refractivity contribution in [2.24, 2.45) is 0 Å². The van der Waals surface area contributed by atoms with Crippen molar-refractivity contribution in [3.8, 4) is 0 Å². The summed E-state index contributed by atoms with van der Waals surface area (Å²) in [5.41, 5.74) is 0. The Morgan fingerprint density at radius 2 is 1.42 bits per heavy atom. The second-order valence-electron chi connectivity index (χ2n) is 8.32. The van der Waals surface area contributed by atoms with Crippen LogP contribution in [0.1, 0.15) is 72.1 Å². The molecule has 0 fully saturated rings. The van der Waals surface area contributed by atoms with E-state index in [4.69, 9.17) is 50.8 Å². The Balaban J connectivity index is 3.78. The summed E-state index contributed by atoms with van der Waals surface area (Å²) in [4.78, 5) is 0. The van der Waals surface area contributed by atoms with Crippen LogP contribution >= 0.6 is 46.4 Å². The Labute approximate surface area is 171 Å². The zero-order valence-electron chi connectivity index (χ0n) is 16.1. The van der Waals surface area contributed by atoms with E-state index in [2.05, 4.69) is 33.9 Å². The molecule has 24 heavy (non-hydrogen) atoms. The van der Waals surface area contributed by atoms with Gasteiger partial charge in [-0.25, -0.2) is 0 Å². The van der Waals surface area contributed by atoms with Crippen molar-refractivity contribution in [1.29, 1.82) is 0 Å². The van der Waals surface area contributed by atoms with Crippen LogP contribution in [0.5, 0.6) is 0 Å². The van der Waals surface area contributed by atoms with Crippen molar-refractivity contribution >= 4 is 54.7 Å². The Hall–Kier alpha value is 1.34. The Morgan fingerprint density at radius 3 is 1.92 bits per heavy atom. The smallest absolute Gasteiger partial charge is 0.192 e. The maximum absolute atomic E-state index is 6.44. The average molecular weight is 438 g/mol. The SMILES string of the molecule is CC(C)(C)[Si](C)(C)OCC(Cl)(Cl)CCCCCCCCC(Cl)CCl. The number of halogens is 4. The lowest BCUT2D eigenvalue weighted by Crippen LogP contribution is -2.43. The van der Waals surface area contributed by atoms with E-state index in [0.717, 1.165) is 25.7 Å². The van der Waals surface area contributed by atoms with E-state index in [1.807, 2.05) is 0 Å². The van der Waals surface area contributed by atoms with Gasteiger partial charge in [0.2, 0.25) is 0 Å². The van der Waals surface area contributed by atoms with Crippen LogP contribution in [0.25, 0.3) is 0 Å². The number of unbranched alkanes of at least 4 members (excludes halogenated alkanes) is 5. The molecular formula is C18H36Cl4OSi. The van der Waals surface area contributed by atoms with Gasteiger partial charge < -0.3 is 4.43 Å². The third kappa shape index (κ3) is 11.9. The van der Waals surface area contributed by atoms with Crippen molar-refractivity contribution in [3.05, 3.63) is 0 Å². The highest BCUT2D eigenvalue weighted by Gasteiger charge is 2.39. The molecule has 0 saturated heterocycles. The van der Waals surface area contributed by atoms with E-state index in [1.54, 1.807) is 0 Å². The maximum Gasteiger partial charge on any atom is 0.192 e. The monoisotopic (exact) mass is 436 g/mol. The Bertz CT molecular complexity index is 329. The predicted octanol–water partition coefficient (Wildman–Crippen LogP) is 8.15. The van der Waals surface area contributed by atoms with Crippen LogP contribution in [-0.2, 0) is 4.43 Å². The molecule has 0 aliphatic rings. The topological polar surface area (TPSA) is 9.23 Å². The first kappa shape index (κ1) is 25.3. The van der Waals surface area contributed by atoms with Gasteiger partial charge in [0.05, 0.1) is 6.61 Å². The molecular weight excluding hydrogens is 402 g/mol. The van der Waals surface area contributed by atoms with Crippen molar-refractivity contribution < 1.29 is 4.43 Å². The second kappa shape index (κ2) is 11.9. The first-order valence-electron chi connectivity index (χ1n) is 9.13. The van der Waals surface area contributed by atoms with Crippen LogP contribution in [0.4, 0.5) is 0 Å². The van der Waals surface area contributed by atoms with E-state index >= 15 is 0 Å². The van der Waals surface area contributed by atoms with Crippen molar-refractivity contribution in [2.75, 3.05) is 12.5 Å². The highest BCUT2D eigenvalue weighted by Crippen LogP contribution is 2.38. The van der Waals surface area contributed by atoms with Crippen molar-refractivity contribution in [2.45, 2.75) is 100.0 Å². The van der Waals surface area contributed by atoms with Crippen LogP contribution in [0.3, 0.4) is 0 Å². The minimum absolute atomic E-state index is 0.126. The second-order valence-corrected chi connectivity index (χ2v) is 15.7. The molecule has 1 nitrogen and oxygen atoms in total. The Kier molecular flexibility index (Phi) is 12.6. The van der Waals surface area contributed by atoms with E-state index in [-0.39, 0.29) is 10.4 Å². The van der Waals surface area contributed by atoms with Gasteiger partial charge in [-0.05, 0) is 31.0 Å². The fourth-order valence-corrected chi connectivity index (χ4v) is 4.02. The first-order chi connectivity index (χ1) is 10.9. The molecule has 0 rings (SSSR count). The normalized spacial score (nSPS) is 14.9. The fourth-order valence-electron chi connectivity index (χ4n) is 2.11. The zero-order chi connectivity index (χ0) is 18.9. The lowest BCUT2D eigenvalue weighted by Gasteiger charge is -2.37. The van der Waals surface area contributed by atoms with Gasteiger partial charge in [-0.15, -0.1) is 23.2 Å². The molecule has 0 aromatic heterocycles. The van der Waals surface area contributed by atoms with Crippen LogP contribution < -0.4 is 0 Å². The number of alkyl halides is 4. The molecule has 0 amide bonds. The molecule has 0 bridgehead atoms. The Morgan fingerprint density at radius 1 is 0.917 bits per heavy atom. The third-order valence-corrected chi connectivity index (χ3v) is 10.9. The van der Waals surface area contributed by atoms with Crippen LogP contribution in [0.15, 0.2) is 0 Å². The van der Waals surface area contributed by atoms with Crippen LogP contribution in [-0.4, -0.2) is 30.5 Å². The molecule has 0 radical (unpaired) electrons. The zero-order valence-corrected chi connectivity index (χ0v) is 20.1. The summed E-state index contributed by atoms with van der Waals surface area (Å²) >= 11 is 24.6. The maximum atomic E-state index is 6.44. The molecule has 0 aliphatic carbocycles. The summed E-state index contributed by atoms with van der Waals surface area (Å²) in [7, 11) is -1.79. The van der Waals surface area contributed by atoms with E-state index in [0.29, 0.717) is 12.5 Å². The van der Waals surface area contributed by atoms with Gasteiger partial charge in [0.25, 0.3) is 0 Å². The summed E-state index contributed by atoms with van der Waals surface area (Å²) < 4.78 is 5.39.